The van der Waals surface area contributed by atoms with Crippen molar-refractivity contribution in [2.75, 3.05) is 0 Å². The Morgan fingerprint density at radius 1 is 1.29 bits per heavy atom. The quantitative estimate of drug-likeness (QED) is 0.703. The highest BCUT2D eigenvalue weighted by Gasteiger charge is 2.22. The summed E-state index contributed by atoms with van der Waals surface area (Å²) in [6, 6.07) is 10.2. The molecule has 4 rings (SSSR count). The van der Waals surface area contributed by atoms with E-state index in [1.807, 2.05) is 25.1 Å². The summed E-state index contributed by atoms with van der Waals surface area (Å²) in [5, 5.41) is 10.3. The number of hydrogen-bond donors (Lipinski definition) is 1. The summed E-state index contributed by atoms with van der Waals surface area (Å²) in [5.74, 6) is -0.558. The van der Waals surface area contributed by atoms with Crippen LogP contribution in [0.5, 0.6) is 5.75 Å². The minimum Gasteiger partial charge on any atom is -0.490 e. The van der Waals surface area contributed by atoms with Crippen molar-refractivity contribution >= 4 is 27.4 Å². The Morgan fingerprint density at radius 3 is 2.92 bits per heavy atom. The van der Waals surface area contributed by atoms with E-state index in [4.69, 9.17) is 4.74 Å². The van der Waals surface area contributed by atoms with Crippen molar-refractivity contribution in [1.82, 2.24) is 0 Å². The van der Waals surface area contributed by atoms with Gasteiger partial charge in [-0.15, -0.1) is 11.3 Å². The molecule has 0 bridgehead atoms. The van der Waals surface area contributed by atoms with Gasteiger partial charge in [0.2, 0.25) is 0 Å². The largest absolute Gasteiger partial charge is 0.490 e. The molecule has 3 nitrogen and oxygen atoms in total. The normalized spacial score (nSPS) is 16.7. The third kappa shape index (κ3) is 2.45. The second-order valence-corrected chi connectivity index (χ2v) is 7.09. The average molecular weight is 342 g/mol. The fourth-order valence-corrected chi connectivity index (χ4v) is 4.26. The molecule has 1 atom stereocenters. The van der Waals surface area contributed by atoms with Crippen LogP contribution >= 0.6 is 11.3 Å². The fourth-order valence-electron chi connectivity index (χ4n) is 3.17. The summed E-state index contributed by atoms with van der Waals surface area (Å²) in [7, 11) is 0. The number of halogens is 1. The van der Waals surface area contributed by atoms with Gasteiger partial charge in [0.15, 0.2) is 0 Å². The molecule has 0 saturated carbocycles. The highest BCUT2D eigenvalue weighted by Crippen LogP contribution is 2.41. The van der Waals surface area contributed by atoms with E-state index in [9.17, 15) is 14.3 Å². The zero-order valence-corrected chi connectivity index (χ0v) is 13.8. The Bertz CT molecular complexity index is 961. The summed E-state index contributed by atoms with van der Waals surface area (Å²) in [5.41, 5.74) is 2.56. The van der Waals surface area contributed by atoms with E-state index < -0.39 is 5.97 Å². The number of carboxylic acids is 1. The zero-order valence-electron chi connectivity index (χ0n) is 13.0. The Morgan fingerprint density at radius 2 is 2.12 bits per heavy atom. The number of rotatable bonds is 2. The summed E-state index contributed by atoms with van der Waals surface area (Å²) in [6.45, 7) is 2.03. The Labute approximate surface area is 142 Å². The van der Waals surface area contributed by atoms with Crippen LogP contribution in [0.2, 0.25) is 0 Å². The van der Waals surface area contributed by atoms with Crippen molar-refractivity contribution in [2.45, 2.75) is 25.9 Å². The lowest BCUT2D eigenvalue weighted by Crippen LogP contribution is -2.18. The molecule has 0 radical (unpaired) electrons. The van der Waals surface area contributed by atoms with Gasteiger partial charge in [-0.25, -0.2) is 9.18 Å². The first-order valence-electron chi connectivity index (χ1n) is 7.78. The lowest BCUT2D eigenvalue weighted by atomic mass is 9.96. The van der Waals surface area contributed by atoms with Crippen LogP contribution in [-0.4, -0.2) is 17.2 Å². The van der Waals surface area contributed by atoms with Gasteiger partial charge in [0.1, 0.15) is 16.4 Å². The number of fused-ring (bicyclic) bond motifs is 2. The number of aryl methyl sites for hydroxylation is 1. The summed E-state index contributed by atoms with van der Waals surface area (Å²) in [4.78, 5) is 11.9. The van der Waals surface area contributed by atoms with Crippen LogP contribution < -0.4 is 4.74 Å². The first-order chi connectivity index (χ1) is 11.5. The molecule has 2 heterocycles. The molecule has 3 aromatic rings. The highest BCUT2D eigenvalue weighted by molar-refractivity contribution is 7.21. The molecule has 5 heteroatoms. The van der Waals surface area contributed by atoms with Gasteiger partial charge in [0.05, 0.1) is 6.10 Å². The van der Waals surface area contributed by atoms with Gasteiger partial charge in [-0.3, -0.25) is 0 Å². The molecule has 1 aliphatic rings. The Balaban J connectivity index is 1.94. The number of thiophene rings is 1. The van der Waals surface area contributed by atoms with Gasteiger partial charge in [-0.2, -0.15) is 0 Å². The van der Waals surface area contributed by atoms with Gasteiger partial charge >= 0.3 is 5.97 Å². The van der Waals surface area contributed by atoms with Gasteiger partial charge in [-0.1, -0.05) is 12.1 Å². The third-order valence-electron chi connectivity index (χ3n) is 4.35. The number of aromatic carboxylic acids is 1. The molecule has 1 aromatic heterocycles. The standard InChI is InChI=1S/C19H15FO3S/c1-10-2-3-11-4-5-12(8-15(11)23-10)17-14-7-6-13(20)9-16(14)24-18(17)19(21)22/h4-10H,2-3H2,1H3,(H,21,22). The minimum absolute atomic E-state index is 0.153. The van der Waals surface area contributed by atoms with Crippen molar-refractivity contribution < 1.29 is 19.0 Å². The first kappa shape index (κ1) is 15.1. The van der Waals surface area contributed by atoms with E-state index in [0.29, 0.717) is 10.3 Å². The van der Waals surface area contributed by atoms with Gasteiger partial charge in [0.25, 0.3) is 0 Å². The van der Waals surface area contributed by atoms with Crippen LogP contribution in [0, 0.1) is 5.82 Å². The van der Waals surface area contributed by atoms with E-state index in [1.54, 1.807) is 6.07 Å². The highest BCUT2D eigenvalue weighted by atomic mass is 32.1. The molecular weight excluding hydrogens is 327 g/mol. The van der Waals surface area contributed by atoms with Crippen LogP contribution in [0.15, 0.2) is 36.4 Å². The topological polar surface area (TPSA) is 46.5 Å². The van der Waals surface area contributed by atoms with E-state index in [1.165, 1.54) is 12.1 Å². The second kappa shape index (κ2) is 5.60. The molecule has 1 aliphatic heterocycles. The molecule has 0 spiro atoms. The van der Waals surface area contributed by atoms with Crippen molar-refractivity contribution in [2.24, 2.45) is 0 Å². The molecule has 2 aromatic carbocycles. The Kier molecular flexibility index (Phi) is 3.53. The zero-order chi connectivity index (χ0) is 16.8. The van der Waals surface area contributed by atoms with Crippen LogP contribution in [0.3, 0.4) is 0 Å². The maximum atomic E-state index is 13.5. The predicted molar refractivity (Wildman–Crippen MR) is 92.6 cm³/mol. The summed E-state index contributed by atoms with van der Waals surface area (Å²) < 4.78 is 20.0. The van der Waals surface area contributed by atoms with Crippen molar-refractivity contribution in [1.29, 1.82) is 0 Å². The lowest BCUT2D eigenvalue weighted by molar-refractivity contribution is 0.0703. The van der Waals surface area contributed by atoms with E-state index in [-0.39, 0.29) is 16.8 Å². The third-order valence-corrected chi connectivity index (χ3v) is 5.49. The maximum Gasteiger partial charge on any atom is 0.346 e. The van der Waals surface area contributed by atoms with Crippen LogP contribution in [0.1, 0.15) is 28.6 Å². The molecular formula is C19H15FO3S. The number of ether oxygens (including phenoxy) is 1. The Hall–Kier alpha value is -2.40. The average Bonchev–Trinajstić information content (AvgIpc) is 2.92. The molecule has 0 amide bonds. The summed E-state index contributed by atoms with van der Waals surface area (Å²) >= 11 is 1.10. The lowest BCUT2D eigenvalue weighted by Gasteiger charge is -2.23. The maximum absolute atomic E-state index is 13.5. The number of hydrogen-bond acceptors (Lipinski definition) is 3. The SMILES string of the molecule is CC1CCc2ccc(-c3c(C(=O)O)sc4cc(F)ccc34)cc2O1. The molecule has 0 fully saturated rings. The molecule has 0 aliphatic carbocycles. The monoisotopic (exact) mass is 342 g/mol. The van der Waals surface area contributed by atoms with Gasteiger partial charge < -0.3 is 9.84 Å². The van der Waals surface area contributed by atoms with Crippen molar-refractivity contribution in [3.63, 3.8) is 0 Å². The van der Waals surface area contributed by atoms with Crippen LogP contribution in [-0.2, 0) is 6.42 Å². The molecule has 0 saturated heterocycles. The molecule has 122 valence electrons. The number of carboxylic acid groups (broad SMARTS) is 1. The minimum atomic E-state index is -1.00. The van der Waals surface area contributed by atoms with Gasteiger partial charge in [-0.05, 0) is 55.2 Å². The van der Waals surface area contributed by atoms with E-state index >= 15 is 0 Å². The van der Waals surface area contributed by atoms with Crippen molar-refractivity contribution in [3.8, 4) is 16.9 Å². The molecule has 1 unspecified atom stereocenters. The van der Waals surface area contributed by atoms with Gasteiger partial charge in [0, 0.05) is 15.6 Å². The molecule has 1 N–H and O–H groups in total. The fraction of sp³-hybridized carbons (Fsp3) is 0.211. The predicted octanol–water partition coefficient (Wildman–Crippen LogP) is 5.12. The molecule has 24 heavy (non-hydrogen) atoms. The smallest absolute Gasteiger partial charge is 0.346 e. The summed E-state index contributed by atoms with van der Waals surface area (Å²) in [6.07, 6.45) is 2.09. The van der Waals surface area contributed by atoms with E-state index in [0.717, 1.165) is 46.4 Å². The van der Waals surface area contributed by atoms with Crippen molar-refractivity contribution in [3.05, 3.63) is 52.7 Å². The number of benzene rings is 2. The van der Waals surface area contributed by atoms with Crippen LogP contribution in [0.25, 0.3) is 21.2 Å². The van der Waals surface area contributed by atoms with Crippen LogP contribution in [0.4, 0.5) is 4.39 Å². The van der Waals surface area contributed by atoms with E-state index in [2.05, 4.69) is 0 Å². The second-order valence-electron chi connectivity index (χ2n) is 6.04. The first-order valence-corrected chi connectivity index (χ1v) is 8.60. The number of carbonyl (C=O) groups is 1.